The van der Waals surface area contributed by atoms with Crippen LogP contribution in [0.2, 0.25) is 0 Å². The molecule has 0 aliphatic carbocycles. The number of rotatable bonds is 3. The second-order valence-corrected chi connectivity index (χ2v) is 6.23. The molecule has 2 N–H and O–H groups in total. The number of hydrogen-bond acceptors (Lipinski definition) is 5. The van der Waals surface area contributed by atoms with Gasteiger partial charge in [0.05, 0.1) is 0 Å². The van der Waals surface area contributed by atoms with E-state index in [4.69, 9.17) is 5.73 Å². The first-order valence-corrected chi connectivity index (χ1v) is 7.63. The van der Waals surface area contributed by atoms with Crippen LogP contribution < -0.4 is 5.73 Å². The Labute approximate surface area is 122 Å². The SMILES string of the molecule is CC(C)CC(=O)N1CCN(C(=O)c2csc(N)n2)CC1. The molecule has 1 aromatic heterocycles. The van der Waals surface area contributed by atoms with Crippen LogP contribution in [0.25, 0.3) is 0 Å². The lowest BCUT2D eigenvalue weighted by atomic mass is 10.1. The van der Waals surface area contributed by atoms with Gasteiger partial charge in [-0.2, -0.15) is 0 Å². The van der Waals surface area contributed by atoms with E-state index in [1.54, 1.807) is 10.3 Å². The molecule has 0 unspecified atom stereocenters. The van der Waals surface area contributed by atoms with Crippen molar-refractivity contribution >= 4 is 28.3 Å². The van der Waals surface area contributed by atoms with Gasteiger partial charge in [0.15, 0.2) is 5.13 Å². The fraction of sp³-hybridized carbons (Fsp3) is 0.615. The van der Waals surface area contributed by atoms with Gasteiger partial charge >= 0.3 is 0 Å². The van der Waals surface area contributed by atoms with Gasteiger partial charge in [0, 0.05) is 38.0 Å². The maximum atomic E-state index is 12.2. The van der Waals surface area contributed by atoms with E-state index in [9.17, 15) is 9.59 Å². The Hall–Kier alpha value is -1.63. The van der Waals surface area contributed by atoms with Crippen molar-refractivity contribution < 1.29 is 9.59 Å². The van der Waals surface area contributed by atoms with Gasteiger partial charge in [0.1, 0.15) is 5.69 Å². The van der Waals surface area contributed by atoms with Crippen LogP contribution in [0, 0.1) is 5.92 Å². The minimum atomic E-state index is -0.103. The highest BCUT2D eigenvalue weighted by atomic mass is 32.1. The van der Waals surface area contributed by atoms with Crippen molar-refractivity contribution in [3.63, 3.8) is 0 Å². The molecule has 0 saturated carbocycles. The van der Waals surface area contributed by atoms with Crippen molar-refractivity contribution in [2.24, 2.45) is 5.92 Å². The summed E-state index contributed by atoms with van der Waals surface area (Å²) < 4.78 is 0. The molecule has 2 rings (SSSR count). The summed E-state index contributed by atoms with van der Waals surface area (Å²) in [6.07, 6.45) is 0.566. The van der Waals surface area contributed by atoms with E-state index in [-0.39, 0.29) is 11.8 Å². The Bertz CT molecular complexity index is 492. The van der Waals surface area contributed by atoms with E-state index in [1.807, 2.05) is 18.7 Å². The van der Waals surface area contributed by atoms with Gasteiger partial charge < -0.3 is 15.5 Å². The third-order valence-corrected chi connectivity index (χ3v) is 3.92. The Morgan fingerprint density at radius 3 is 2.40 bits per heavy atom. The highest BCUT2D eigenvalue weighted by Gasteiger charge is 2.26. The van der Waals surface area contributed by atoms with E-state index in [0.717, 1.165) is 0 Å². The zero-order valence-corrected chi connectivity index (χ0v) is 12.7. The Balaban J connectivity index is 1.88. The van der Waals surface area contributed by atoms with Gasteiger partial charge in [-0.05, 0) is 5.92 Å². The number of nitrogen functional groups attached to an aromatic ring is 1. The summed E-state index contributed by atoms with van der Waals surface area (Å²) in [7, 11) is 0. The maximum Gasteiger partial charge on any atom is 0.273 e. The van der Waals surface area contributed by atoms with Crippen LogP contribution in [-0.2, 0) is 4.79 Å². The van der Waals surface area contributed by atoms with Gasteiger partial charge in [-0.15, -0.1) is 11.3 Å². The van der Waals surface area contributed by atoms with Crippen LogP contribution in [0.5, 0.6) is 0 Å². The Kier molecular flexibility index (Phi) is 4.59. The molecule has 2 heterocycles. The van der Waals surface area contributed by atoms with Crippen molar-refractivity contribution in [2.75, 3.05) is 31.9 Å². The zero-order valence-electron chi connectivity index (χ0n) is 11.8. The highest BCUT2D eigenvalue weighted by Crippen LogP contribution is 2.15. The largest absolute Gasteiger partial charge is 0.375 e. The van der Waals surface area contributed by atoms with E-state index in [2.05, 4.69) is 4.98 Å². The minimum absolute atomic E-state index is 0.103. The maximum absolute atomic E-state index is 12.2. The predicted molar refractivity (Wildman–Crippen MR) is 78.5 cm³/mol. The number of aromatic nitrogens is 1. The standard InChI is InChI=1S/C13H20N4O2S/c1-9(2)7-11(18)16-3-5-17(6-4-16)12(19)10-8-20-13(14)15-10/h8-9H,3-7H2,1-2H3,(H2,14,15). The highest BCUT2D eigenvalue weighted by molar-refractivity contribution is 7.13. The molecule has 1 fully saturated rings. The molecule has 110 valence electrons. The lowest BCUT2D eigenvalue weighted by Crippen LogP contribution is -2.50. The molecule has 0 radical (unpaired) electrons. The van der Waals surface area contributed by atoms with Gasteiger partial charge in [-0.25, -0.2) is 4.98 Å². The number of nitrogens with zero attached hydrogens (tertiary/aromatic N) is 3. The topological polar surface area (TPSA) is 79.5 Å². The summed E-state index contributed by atoms with van der Waals surface area (Å²) in [6, 6.07) is 0. The van der Waals surface area contributed by atoms with Gasteiger partial charge in [-0.3, -0.25) is 9.59 Å². The van der Waals surface area contributed by atoms with Crippen LogP contribution >= 0.6 is 11.3 Å². The van der Waals surface area contributed by atoms with Crippen LogP contribution in [0.3, 0.4) is 0 Å². The molecule has 0 atom stereocenters. The van der Waals surface area contributed by atoms with Crippen molar-refractivity contribution in [1.29, 1.82) is 0 Å². The van der Waals surface area contributed by atoms with E-state index in [1.165, 1.54) is 11.3 Å². The number of thiazole rings is 1. The summed E-state index contributed by atoms with van der Waals surface area (Å²) in [5, 5.41) is 2.08. The van der Waals surface area contributed by atoms with Gasteiger partial charge in [0.2, 0.25) is 5.91 Å². The average molecular weight is 296 g/mol. The minimum Gasteiger partial charge on any atom is -0.375 e. The molecule has 6 nitrogen and oxygen atoms in total. The van der Waals surface area contributed by atoms with Crippen LogP contribution in [-0.4, -0.2) is 52.8 Å². The Morgan fingerprint density at radius 1 is 1.30 bits per heavy atom. The number of anilines is 1. The number of carbonyl (C=O) groups is 2. The molecule has 1 aromatic rings. The second kappa shape index (κ2) is 6.21. The summed E-state index contributed by atoms with van der Waals surface area (Å²) in [4.78, 5) is 31.7. The lowest BCUT2D eigenvalue weighted by Gasteiger charge is -2.34. The molecule has 1 aliphatic heterocycles. The third kappa shape index (κ3) is 3.47. The monoisotopic (exact) mass is 296 g/mol. The summed E-state index contributed by atoms with van der Waals surface area (Å²) >= 11 is 1.26. The third-order valence-electron chi connectivity index (χ3n) is 3.24. The lowest BCUT2D eigenvalue weighted by molar-refractivity contribution is -0.133. The van der Waals surface area contributed by atoms with Crippen molar-refractivity contribution in [2.45, 2.75) is 20.3 Å². The summed E-state index contributed by atoms with van der Waals surface area (Å²) in [5.74, 6) is 0.430. The number of carbonyl (C=O) groups excluding carboxylic acids is 2. The number of piperazine rings is 1. The van der Waals surface area contributed by atoms with Crippen molar-refractivity contribution in [3.05, 3.63) is 11.1 Å². The Morgan fingerprint density at radius 2 is 1.90 bits per heavy atom. The smallest absolute Gasteiger partial charge is 0.273 e. The van der Waals surface area contributed by atoms with Crippen LogP contribution in [0.4, 0.5) is 5.13 Å². The molecular formula is C13H20N4O2S. The summed E-state index contributed by atoms with van der Waals surface area (Å²) in [6.45, 7) is 6.36. The quantitative estimate of drug-likeness (QED) is 0.904. The number of amides is 2. The second-order valence-electron chi connectivity index (χ2n) is 5.34. The molecule has 20 heavy (non-hydrogen) atoms. The van der Waals surface area contributed by atoms with E-state index >= 15 is 0 Å². The molecule has 7 heteroatoms. The molecule has 0 bridgehead atoms. The van der Waals surface area contributed by atoms with Crippen molar-refractivity contribution in [3.8, 4) is 0 Å². The molecule has 2 amide bonds. The molecule has 1 saturated heterocycles. The molecule has 0 spiro atoms. The first-order chi connectivity index (χ1) is 9.47. The normalized spacial score (nSPS) is 15.8. The zero-order chi connectivity index (χ0) is 14.7. The number of nitrogens with two attached hydrogens (primary N) is 1. The first kappa shape index (κ1) is 14.8. The fourth-order valence-corrected chi connectivity index (χ4v) is 2.72. The van der Waals surface area contributed by atoms with Gasteiger partial charge in [-0.1, -0.05) is 13.8 Å². The predicted octanol–water partition coefficient (Wildman–Crippen LogP) is 1.06. The first-order valence-electron chi connectivity index (χ1n) is 6.75. The molecule has 0 aromatic carbocycles. The van der Waals surface area contributed by atoms with E-state index in [0.29, 0.717) is 49.3 Å². The fourth-order valence-electron chi connectivity index (χ4n) is 2.19. The summed E-state index contributed by atoms with van der Waals surface area (Å²) in [5.41, 5.74) is 5.94. The van der Waals surface area contributed by atoms with E-state index < -0.39 is 0 Å². The average Bonchev–Trinajstić information content (AvgIpc) is 2.84. The van der Waals surface area contributed by atoms with Gasteiger partial charge in [0.25, 0.3) is 5.91 Å². The van der Waals surface area contributed by atoms with Crippen LogP contribution in [0.1, 0.15) is 30.8 Å². The van der Waals surface area contributed by atoms with Crippen molar-refractivity contribution in [1.82, 2.24) is 14.8 Å². The van der Waals surface area contributed by atoms with Crippen LogP contribution in [0.15, 0.2) is 5.38 Å². The molecular weight excluding hydrogens is 276 g/mol. The molecule has 1 aliphatic rings. The number of hydrogen-bond donors (Lipinski definition) is 1.